The van der Waals surface area contributed by atoms with E-state index in [0.29, 0.717) is 0 Å². The molecule has 6 nitrogen and oxygen atoms in total. The number of amides is 1. The standard InChI is InChI=1S/C8H7F2N3O3/c1-3-2-4(7(11)14)5(6(9)10)12-8(3)13(15)16/h2,6H,1H3,(H2,11,14). The Labute approximate surface area is 88.2 Å². The number of hydrogen-bond donors (Lipinski definition) is 1. The number of primary amides is 1. The normalized spacial score (nSPS) is 10.5. The summed E-state index contributed by atoms with van der Waals surface area (Å²) in [6.45, 7) is 1.28. The van der Waals surface area contributed by atoms with Crippen LogP contribution in [0.3, 0.4) is 0 Å². The molecule has 1 aromatic rings. The van der Waals surface area contributed by atoms with Crippen molar-refractivity contribution in [3.05, 3.63) is 33.0 Å². The van der Waals surface area contributed by atoms with Gasteiger partial charge in [0.2, 0.25) is 5.69 Å². The summed E-state index contributed by atoms with van der Waals surface area (Å²) in [4.78, 5) is 23.5. The van der Waals surface area contributed by atoms with Crippen LogP contribution < -0.4 is 5.73 Å². The Hall–Kier alpha value is -2.12. The molecular weight excluding hydrogens is 224 g/mol. The average molecular weight is 231 g/mol. The van der Waals surface area contributed by atoms with E-state index in [-0.39, 0.29) is 5.56 Å². The minimum absolute atomic E-state index is 0.00296. The number of alkyl halides is 2. The maximum Gasteiger partial charge on any atom is 0.366 e. The topological polar surface area (TPSA) is 99.1 Å². The molecule has 8 heteroatoms. The number of carbonyl (C=O) groups excluding carboxylic acids is 1. The van der Waals surface area contributed by atoms with Gasteiger partial charge < -0.3 is 15.8 Å². The third kappa shape index (κ3) is 2.10. The molecule has 1 rings (SSSR count). The number of nitrogens with two attached hydrogens (primary N) is 1. The Morgan fingerprint density at radius 2 is 2.19 bits per heavy atom. The second kappa shape index (κ2) is 4.17. The highest BCUT2D eigenvalue weighted by molar-refractivity contribution is 5.94. The lowest BCUT2D eigenvalue weighted by molar-refractivity contribution is -0.390. The number of rotatable bonds is 3. The van der Waals surface area contributed by atoms with Gasteiger partial charge in [-0.05, 0) is 22.9 Å². The molecule has 0 atom stereocenters. The summed E-state index contributed by atoms with van der Waals surface area (Å²) in [5.41, 5.74) is 3.40. The van der Waals surface area contributed by atoms with Crippen LogP contribution in [-0.2, 0) is 0 Å². The molecule has 1 heterocycles. The van der Waals surface area contributed by atoms with Crippen molar-refractivity contribution in [3.8, 4) is 0 Å². The van der Waals surface area contributed by atoms with Gasteiger partial charge in [0.05, 0.1) is 5.56 Å². The Morgan fingerprint density at radius 1 is 1.62 bits per heavy atom. The first-order chi connectivity index (χ1) is 7.34. The third-order valence-electron chi connectivity index (χ3n) is 1.86. The zero-order valence-corrected chi connectivity index (χ0v) is 8.11. The van der Waals surface area contributed by atoms with Crippen LogP contribution in [0.5, 0.6) is 0 Å². The zero-order chi connectivity index (χ0) is 12.5. The fraction of sp³-hybridized carbons (Fsp3) is 0.250. The molecule has 0 radical (unpaired) electrons. The summed E-state index contributed by atoms with van der Waals surface area (Å²) >= 11 is 0. The SMILES string of the molecule is Cc1cc(C(N)=O)c(C(F)F)nc1[N+](=O)[O-]. The number of nitro groups is 1. The molecular formula is C8H7F2N3O3. The molecule has 2 N–H and O–H groups in total. The molecule has 1 amide bonds. The second-order valence-electron chi connectivity index (χ2n) is 2.98. The Kier molecular flexibility index (Phi) is 3.11. The van der Waals surface area contributed by atoms with Gasteiger partial charge >= 0.3 is 12.2 Å². The molecule has 0 bridgehead atoms. The summed E-state index contributed by atoms with van der Waals surface area (Å²) in [6, 6.07) is 0.939. The predicted molar refractivity (Wildman–Crippen MR) is 49.1 cm³/mol. The number of hydrogen-bond acceptors (Lipinski definition) is 4. The Bertz CT molecular complexity index is 462. The van der Waals surface area contributed by atoms with Crippen molar-refractivity contribution in [1.82, 2.24) is 4.98 Å². The van der Waals surface area contributed by atoms with E-state index >= 15 is 0 Å². The van der Waals surface area contributed by atoms with Crippen LogP contribution in [0.15, 0.2) is 6.07 Å². The maximum atomic E-state index is 12.5. The van der Waals surface area contributed by atoms with Gasteiger partial charge in [-0.3, -0.25) is 4.79 Å². The fourth-order valence-corrected chi connectivity index (χ4v) is 1.17. The van der Waals surface area contributed by atoms with Crippen LogP contribution in [0.4, 0.5) is 14.6 Å². The van der Waals surface area contributed by atoms with E-state index < -0.39 is 34.3 Å². The quantitative estimate of drug-likeness (QED) is 0.626. The summed E-state index contributed by atoms with van der Waals surface area (Å²) in [5.74, 6) is -1.80. The molecule has 16 heavy (non-hydrogen) atoms. The van der Waals surface area contributed by atoms with Gasteiger partial charge in [-0.2, -0.15) is 0 Å². The van der Waals surface area contributed by atoms with Gasteiger partial charge in [0.1, 0.15) is 0 Å². The fourth-order valence-electron chi connectivity index (χ4n) is 1.17. The average Bonchev–Trinajstić information content (AvgIpc) is 2.15. The predicted octanol–water partition coefficient (Wildman–Crippen LogP) is 1.33. The lowest BCUT2D eigenvalue weighted by atomic mass is 10.1. The van der Waals surface area contributed by atoms with Gasteiger partial charge in [-0.25, -0.2) is 8.78 Å². The third-order valence-corrected chi connectivity index (χ3v) is 1.86. The highest BCUT2D eigenvalue weighted by atomic mass is 19.3. The van der Waals surface area contributed by atoms with Crippen LogP contribution in [-0.4, -0.2) is 15.8 Å². The first kappa shape index (κ1) is 12.0. The molecule has 1 aromatic heterocycles. The minimum Gasteiger partial charge on any atom is -0.365 e. The summed E-state index contributed by atoms with van der Waals surface area (Å²) in [6.07, 6.45) is -3.10. The highest BCUT2D eigenvalue weighted by Crippen LogP contribution is 2.25. The van der Waals surface area contributed by atoms with E-state index in [0.717, 1.165) is 6.07 Å². The molecule has 86 valence electrons. The van der Waals surface area contributed by atoms with Crippen LogP contribution in [0.1, 0.15) is 28.0 Å². The van der Waals surface area contributed by atoms with E-state index in [4.69, 9.17) is 5.73 Å². The summed E-state index contributed by atoms with van der Waals surface area (Å²) in [5, 5.41) is 10.5. The first-order valence-electron chi connectivity index (χ1n) is 4.08. The van der Waals surface area contributed by atoms with E-state index in [1.807, 2.05) is 0 Å². The number of pyridine rings is 1. The second-order valence-corrected chi connectivity index (χ2v) is 2.98. The first-order valence-corrected chi connectivity index (χ1v) is 4.08. The van der Waals surface area contributed by atoms with Crippen molar-refractivity contribution in [2.45, 2.75) is 13.3 Å². The molecule has 0 aromatic carbocycles. The van der Waals surface area contributed by atoms with Crippen LogP contribution >= 0.6 is 0 Å². The largest absolute Gasteiger partial charge is 0.366 e. The van der Waals surface area contributed by atoms with E-state index in [1.54, 1.807) is 0 Å². The number of aryl methyl sites for hydroxylation is 1. The number of nitrogens with zero attached hydrogens (tertiary/aromatic N) is 2. The lowest BCUT2D eigenvalue weighted by Gasteiger charge is -2.03. The highest BCUT2D eigenvalue weighted by Gasteiger charge is 2.28. The zero-order valence-electron chi connectivity index (χ0n) is 8.11. The van der Waals surface area contributed by atoms with Gasteiger partial charge in [-0.15, -0.1) is 0 Å². The molecule has 0 aliphatic carbocycles. The molecule has 0 aliphatic heterocycles. The molecule has 0 saturated heterocycles. The summed E-state index contributed by atoms with van der Waals surface area (Å²) in [7, 11) is 0. The van der Waals surface area contributed by atoms with Crippen LogP contribution in [0, 0.1) is 17.0 Å². The van der Waals surface area contributed by atoms with Gasteiger partial charge in [-0.1, -0.05) is 0 Å². The smallest absolute Gasteiger partial charge is 0.365 e. The van der Waals surface area contributed by atoms with Crippen molar-refractivity contribution in [3.63, 3.8) is 0 Å². The van der Waals surface area contributed by atoms with E-state index in [2.05, 4.69) is 4.98 Å². The van der Waals surface area contributed by atoms with Crippen LogP contribution in [0.2, 0.25) is 0 Å². The summed E-state index contributed by atoms with van der Waals surface area (Å²) < 4.78 is 24.9. The minimum atomic E-state index is -3.10. The van der Waals surface area contributed by atoms with Crippen molar-refractivity contribution < 1.29 is 18.5 Å². The number of aromatic nitrogens is 1. The van der Waals surface area contributed by atoms with Crippen molar-refractivity contribution in [1.29, 1.82) is 0 Å². The van der Waals surface area contributed by atoms with Gasteiger partial charge in [0, 0.05) is 5.56 Å². The Balaban J connectivity index is 3.49. The van der Waals surface area contributed by atoms with Crippen molar-refractivity contribution in [2.75, 3.05) is 0 Å². The van der Waals surface area contributed by atoms with Gasteiger partial charge in [0.25, 0.3) is 5.91 Å². The van der Waals surface area contributed by atoms with Crippen LogP contribution in [0.25, 0.3) is 0 Å². The van der Waals surface area contributed by atoms with E-state index in [1.165, 1.54) is 6.92 Å². The number of carbonyl (C=O) groups is 1. The molecule has 0 spiro atoms. The van der Waals surface area contributed by atoms with Crippen molar-refractivity contribution >= 4 is 11.7 Å². The molecule has 0 aliphatic rings. The molecule has 0 unspecified atom stereocenters. The Morgan fingerprint density at radius 3 is 2.56 bits per heavy atom. The lowest BCUT2D eigenvalue weighted by Crippen LogP contribution is -2.16. The monoisotopic (exact) mass is 231 g/mol. The number of halogens is 2. The van der Waals surface area contributed by atoms with E-state index in [9.17, 15) is 23.7 Å². The van der Waals surface area contributed by atoms with Gasteiger partial charge in [0.15, 0.2) is 0 Å². The molecule has 0 saturated carbocycles. The molecule has 0 fully saturated rings. The maximum absolute atomic E-state index is 12.5. The van der Waals surface area contributed by atoms with Crippen molar-refractivity contribution in [2.24, 2.45) is 5.73 Å².